The average molecular weight is 536 g/mol. The average Bonchev–Trinajstić information content (AvgIpc) is 3.45. The molecule has 1 atom stereocenters. The van der Waals surface area contributed by atoms with Crippen LogP contribution >= 0.6 is 27.3 Å². The van der Waals surface area contributed by atoms with Crippen molar-refractivity contribution in [2.45, 2.75) is 15.0 Å². The lowest BCUT2D eigenvalue weighted by Crippen LogP contribution is -2.13. The Labute approximate surface area is 193 Å². The molecule has 158 valence electrons. The van der Waals surface area contributed by atoms with E-state index in [9.17, 15) is 17.4 Å². The standard InChI is InChI=1S/C21H14BrNO5S3/c22-15-8-10-16(11-9-15)31(26,27)20-21(28-19(23-20)18-7-4-12-29-18)30(25)13-17(24)14-5-2-1-3-6-14/h1-12H,13H2/t30-/m1/s1. The molecule has 0 radical (unpaired) electrons. The van der Waals surface area contributed by atoms with Crippen molar-refractivity contribution < 1.29 is 21.8 Å². The molecule has 0 saturated carbocycles. The van der Waals surface area contributed by atoms with Crippen molar-refractivity contribution in [1.29, 1.82) is 0 Å². The monoisotopic (exact) mass is 535 g/mol. The van der Waals surface area contributed by atoms with Crippen LogP contribution in [0, 0.1) is 0 Å². The molecule has 4 aromatic rings. The summed E-state index contributed by atoms with van der Waals surface area (Å²) in [4.78, 5) is 17.3. The number of hydrogen-bond donors (Lipinski definition) is 0. The predicted octanol–water partition coefficient (Wildman–Crippen LogP) is 4.99. The van der Waals surface area contributed by atoms with Crippen LogP contribution < -0.4 is 0 Å². The summed E-state index contributed by atoms with van der Waals surface area (Å²) in [5.41, 5.74) is 0.381. The first-order valence-electron chi connectivity index (χ1n) is 8.88. The summed E-state index contributed by atoms with van der Waals surface area (Å²) >= 11 is 4.58. The van der Waals surface area contributed by atoms with E-state index in [0.29, 0.717) is 14.9 Å². The van der Waals surface area contributed by atoms with Gasteiger partial charge >= 0.3 is 0 Å². The van der Waals surface area contributed by atoms with Crippen LogP contribution in [0.15, 0.2) is 96.0 Å². The van der Waals surface area contributed by atoms with Crippen molar-refractivity contribution in [3.05, 3.63) is 82.1 Å². The Morgan fingerprint density at radius 2 is 1.74 bits per heavy atom. The Morgan fingerprint density at radius 3 is 2.39 bits per heavy atom. The van der Waals surface area contributed by atoms with Crippen LogP contribution in [0.5, 0.6) is 0 Å². The van der Waals surface area contributed by atoms with E-state index in [-0.39, 0.29) is 21.7 Å². The molecule has 4 rings (SSSR count). The number of thiophene rings is 1. The second-order valence-electron chi connectivity index (χ2n) is 6.33. The van der Waals surface area contributed by atoms with Crippen LogP contribution in [0.2, 0.25) is 0 Å². The number of sulfone groups is 1. The van der Waals surface area contributed by atoms with Gasteiger partial charge in [0.05, 0.1) is 26.3 Å². The maximum Gasteiger partial charge on any atom is 0.239 e. The summed E-state index contributed by atoms with van der Waals surface area (Å²) in [7, 11) is -6.18. The smallest absolute Gasteiger partial charge is 0.239 e. The Kier molecular flexibility index (Phi) is 6.33. The van der Waals surface area contributed by atoms with Gasteiger partial charge in [0.25, 0.3) is 0 Å². The molecule has 0 spiro atoms. The molecule has 6 nitrogen and oxygen atoms in total. The van der Waals surface area contributed by atoms with E-state index in [1.165, 1.54) is 23.5 Å². The predicted molar refractivity (Wildman–Crippen MR) is 121 cm³/mol. The first-order chi connectivity index (χ1) is 14.9. The van der Waals surface area contributed by atoms with E-state index in [0.717, 1.165) is 0 Å². The zero-order valence-corrected chi connectivity index (χ0v) is 19.8. The van der Waals surface area contributed by atoms with Crippen molar-refractivity contribution >= 4 is 53.7 Å². The minimum absolute atomic E-state index is 0.0191. The normalized spacial score (nSPS) is 12.5. The van der Waals surface area contributed by atoms with E-state index >= 15 is 0 Å². The summed E-state index contributed by atoms with van der Waals surface area (Å²) in [5, 5.41) is 1.01. The van der Waals surface area contributed by atoms with Crippen LogP contribution in [-0.4, -0.2) is 29.1 Å². The number of rotatable bonds is 7. The van der Waals surface area contributed by atoms with Gasteiger partial charge in [-0.05, 0) is 35.7 Å². The Balaban J connectivity index is 1.77. The number of halogens is 1. The molecule has 0 N–H and O–H groups in total. The molecule has 0 bridgehead atoms. The van der Waals surface area contributed by atoms with Gasteiger partial charge in [-0.15, -0.1) is 11.3 Å². The lowest BCUT2D eigenvalue weighted by Gasteiger charge is -2.04. The van der Waals surface area contributed by atoms with Crippen LogP contribution in [0.3, 0.4) is 0 Å². The summed E-state index contributed by atoms with van der Waals surface area (Å²) in [5.74, 6) is -0.771. The molecule has 0 aliphatic carbocycles. The van der Waals surface area contributed by atoms with Gasteiger partial charge in [0.2, 0.25) is 25.8 Å². The number of carbonyl (C=O) groups excluding carboxylic acids is 1. The topological polar surface area (TPSA) is 94.3 Å². The van der Waals surface area contributed by atoms with Crippen molar-refractivity contribution in [1.82, 2.24) is 4.98 Å². The molecule has 10 heteroatoms. The molecule has 2 aromatic heterocycles. The van der Waals surface area contributed by atoms with Gasteiger partial charge in [-0.2, -0.15) is 4.98 Å². The summed E-state index contributed by atoms with van der Waals surface area (Å²) in [6.07, 6.45) is 0. The Morgan fingerprint density at radius 1 is 1.03 bits per heavy atom. The molecule has 0 aliphatic rings. The highest BCUT2D eigenvalue weighted by Crippen LogP contribution is 2.33. The van der Waals surface area contributed by atoms with E-state index in [1.807, 2.05) is 0 Å². The molecular formula is C21H14BrNO5S3. The van der Waals surface area contributed by atoms with Gasteiger partial charge in [0, 0.05) is 10.0 Å². The van der Waals surface area contributed by atoms with Crippen LogP contribution in [-0.2, 0) is 20.6 Å². The number of ketones is 1. The number of aromatic nitrogens is 1. The first-order valence-corrected chi connectivity index (χ1v) is 13.4. The zero-order valence-electron chi connectivity index (χ0n) is 15.7. The lowest BCUT2D eigenvalue weighted by atomic mass is 10.2. The Bertz CT molecular complexity index is 1350. The molecule has 0 fully saturated rings. The molecule has 0 amide bonds. The molecule has 2 aromatic carbocycles. The minimum atomic E-state index is -4.13. The Hall–Kier alpha value is -2.40. The van der Waals surface area contributed by atoms with Gasteiger partial charge in [-0.1, -0.05) is 52.3 Å². The third kappa shape index (κ3) is 4.62. The van der Waals surface area contributed by atoms with Crippen LogP contribution in [0.4, 0.5) is 0 Å². The van der Waals surface area contributed by atoms with Gasteiger partial charge in [-0.25, -0.2) is 8.42 Å². The first kappa shape index (κ1) is 21.8. The van der Waals surface area contributed by atoms with E-state index in [4.69, 9.17) is 4.42 Å². The van der Waals surface area contributed by atoms with E-state index in [1.54, 1.807) is 60.0 Å². The minimum Gasteiger partial charge on any atom is -0.425 e. The number of nitrogens with zero attached hydrogens (tertiary/aromatic N) is 1. The third-order valence-corrected chi connectivity index (χ3v) is 8.65. The molecule has 31 heavy (non-hydrogen) atoms. The second-order valence-corrected chi connectivity index (χ2v) is 11.4. The van der Waals surface area contributed by atoms with Gasteiger partial charge in [0.15, 0.2) is 5.78 Å². The number of benzene rings is 2. The highest BCUT2D eigenvalue weighted by atomic mass is 79.9. The van der Waals surface area contributed by atoms with Crippen molar-refractivity contribution in [2.75, 3.05) is 5.75 Å². The highest BCUT2D eigenvalue weighted by Gasteiger charge is 2.32. The molecule has 0 saturated heterocycles. The largest absolute Gasteiger partial charge is 0.425 e. The third-order valence-electron chi connectivity index (χ3n) is 4.24. The van der Waals surface area contributed by atoms with Gasteiger partial charge in [0.1, 0.15) is 0 Å². The van der Waals surface area contributed by atoms with E-state index < -0.39 is 31.4 Å². The maximum absolute atomic E-state index is 13.3. The number of carbonyl (C=O) groups is 1. The summed E-state index contributed by atoms with van der Waals surface area (Å²) < 4.78 is 45.9. The van der Waals surface area contributed by atoms with E-state index in [2.05, 4.69) is 20.9 Å². The van der Waals surface area contributed by atoms with Gasteiger partial charge in [-0.3, -0.25) is 9.00 Å². The van der Waals surface area contributed by atoms with Crippen molar-refractivity contribution in [3.63, 3.8) is 0 Å². The molecular weight excluding hydrogens is 522 g/mol. The number of hydrogen-bond acceptors (Lipinski definition) is 7. The maximum atomic E-state index is 13.3. The molecule has 0 aliphatic heterocycles. The SMILES string of the molecule is O=C(C[S@@](=O)c1oc(-c2cccs2)nc1S(=O)(=O)c1ccc(Br)cc1)c1ccccc1. The fourth-order valence-electron chi connectivity index (χ4n) is 2.73. The number of oxazole rings is 1. The van der Waals surface area contributed by atoms with Crippen LogP contribution in [0.1, 0.15) is 10.4 Å². The van der Waals surface area contributed by atoms with Crippen LogP contribution in [0.25, 0.3) is 10.8 Å². The summed E-state index contributed by atoms with van der Waals surface area (Å²) in [6.45, 7) is 0. The quantitative estimate of drug-likeness (QED) is 0.309. The zero-order chi connectivity index (χ0) is 22.0. The van der Waals surface area contributed by atoms with Crippen molar-refractivity contribution in [2.24, 2.45) is 0 Å². The highest BCUT2D eigenvalue weighted by molar-refractivity contribution is 9.10. The molecule has 0 unspecified atom stereocenters. The van der Waals surface area contributed by atoms with Gasteiger partial charge < -0.3 is 4.42 Å². The fraction of sp³-hybridized carbons (Fsp3) is 0.0476. The second kappa shape index (κ2) is 8.99. The molecule has 2 heterocycles. The lowest BCUT2D eigenvalue weighted by molar-refractivity contribution is 0.102. The number of Topliss-reactive ketones (excluding diaryl/α,β-unsaturated/α-hetero) is 1. The van der Waals surface area contributed by atoms with Crippen molar-refractivity contribution in [3.8, 4) is 10.8 Å². The summed E-state index contributed by atoms with van der Waals surface area (Å²) in [6, 6.07) is 17.9. The fourth-order valence-corrected chi connectivity index (χ4v) is 6.38.